The van der Waals surface area contributed by atoms with Crippen LogP contribution in [0.25, 0.3) is 0 Å². The van der Waals surface area contributed by atoms with Crippen molar-refractivity contribution in [3.05, 3.63) is 35.9 Å². The third kappa shape index (κ3) is 5.02. The lowest BCUT2D eigenvalue weighted by molar-refractivity contribution is 0.0728. The Hall–Kier alpha value is -0.680. The lowest BCUT2D eigenvalue weighted by atomic mass is 10.2. The van der Waals surface area contributed by atoms with Crippen molar-refractivity contribution in [3.63, 3.8) is 0 Å². The molecule has 0 atom stereocenters. The fourth-order valence-electron chi connectivity index (χ4n) is 2.09. The van der Waals surface area contributed by atoms with E-state index in [1.165, 1.54) is 5.56 Å². The second-order valence-corrected chi connectivity index (χ2v) is 6.74. The summed E-state index contributed by atoms with van der Waals surface area (Å²) < 4.78 is 2.69. The summed E-state index contributed by atoms with van der Waals surface area (Å²) in [5.41, 5.74) is 1.25. The highest BCUT2D eigenvalue weighted by atomic mass is 35.6. The summed E-state index contributed by atoms with van der Waals surface area (Å²) in [6.07, 6.45) is -0.593. The monoisotopic (exact) mass is 336 g/mol. The number of carbonyl (C=O) groups is 1. The summed E-state index contributed by atoms with van der Waals surface area (Å²) in [4.78, 5) is 15.5. The van der Waals surface area contributed by atoms with E-state index in [4.69, 9.17) is 39.5 Å². The summed E-state index contributed by atoms with van der Waals surface area (Å²) in [6.45, 7) is 3.53. The molecule has 0 spiro atoms. The topological polar surface area (TPSA) is 32.8 Å². The zero-order valence-electron chi connectivity index (χ0n) is 10.8. The second kappa shape index (κ2) is 6.85. The number of alkyl halides is 3. The van der Waals surface area contributed by atoms with Crippen molar-refractivity contribution < 1.29 is 9.53 Å². The van der Waals surface area contributed by atoms with Crippen LogP contribution in [0.15, 0.2) is 30.3 Å². The molecule has 1 aliphatic rings. The molecule has 1 saturated heterocycles. The van der Waals surface area contributed by atoms with Gasteiger partial charge in [0.15, 0.2) is 0 Å². The number of carbonyl (C=O) groups excluding carboxylic acids is 1. The van der Waals surface area contributed by atoms with Gasteiger partial charge >= 0.3 is 10.1 Å². The summed E-state index contributed by atoms with van der Waals surface area (Å²) in [5.74, 6) is 0. The number of benzene rings is 1. The minimum atomic E-state index is -2.00. The minimum Gasteiger partial charge on any atom is -0.398 e. The lowest BCUT2D eigenvalue weighted by Gasteiger charge is -2.34. The molecule has 20 heavy (non-hydrogen) atoms. The molecule has 1 fully saturated rings. The first-order valence-electron chi connectivity index (χ1n) is 6.25. The van der Waals surface area contributed by atoms with Crippen molar-refractivity contribution in [2.45, 2.75) is 10.5 Å². The molecule has 1 heterocycles. The standard InChI is InChI=1S/C13H15Cl3N2O2/c14-13(15,16)20-12(19)18-8-6-17(7-9-18)10-11-4-2-1-3-5-11/h1-5H,6-10H2. The van der Waals surface area contributed by atoms with Gasteiger partial charge in [0, 0.05) is 32.7 Å². The highest BCUT2D eigenvalue weighted by molar-refractivity contribution is 6.66. The van der Waals surface area contributed by atoms with Gasteiger partial charge in [0.1, 0.15) is 0 Å². The number of rotatable bonds is 2. The average molecular weight is 338 g/mol. The number of halogens is 3. The van der Waals surface area contributed by atoms with E-state index in [1.807, 2.05) is 18.2 Å². The van der Waals surface area contributed by atoms with Crippen LogP contribution in [0.3, 0.4) is 0 Å². The molecule has 0 bridgehead atoms. The Kier molecular flexibility index (Phi) is 5.38. The van der Waals surface area contributed by atoms with E-state index >= 15 is 0 Å². The molecule has 0 radical (unpaired) electrons. The molecule has 1 aromatic rings. The number of hydrogen-bond donors (Lipinski definition) is 0. The van der Waals surface area contributed by atoms with E-state index in [1.54, 1.807) is 4.90 Å². The molecule has 0 aromatic heterocycles. The molecular formula is C13H15Cl3N2O2. The highest BCUT2D eigenvalue weighted by Gasteiger charge is 2.30. The Bertz CT molecular complexity index is 443. The van der Waals surface area contributed by atoms with Crippen LogP contribution in [0.5, 0.6) is 0 Å². The van der Waals surface area contributed by atoms with Gasteiger partial charge in [-0.1, -0.05) is 30.3 Å². The van der Waals surface area contributed by atoms with Crippen LogP contribution in [0, 0.1) is 0 Å². The Labute approximate surface area is 133 Å². The largest absolute Gasteiger partial charge is 0.413 e. The molecule has 0 unspecified atom stereocenters. The van der Waals surface area contributed by atoms with Gasteiger partial charge in [0.05, 0.1) is 0 Å². The van der Waals surface area contributed by atoms with Gasteiger partial charge in [0.2, 0.25) is 0 Å². The summed E-state index contributed by atoms with van der Waals surface area (Å²) >= 11 is 16.3. The van der Waals surface area contributed by atoms with Crippen LogP contribution in [0.1, 0.15) is 5.56 Å². The normalized spacial score (nSPS) is 17.1. The van der Waals surface area contributed by atoms with Gasteiger partial charge in [-0.3, -0.25) is 4.90 Å². The second-order valence-electron chi connectivity index (χ2n) is 4.56. The Morgan fingerprint density at radius 1 is 1.10 bits per heavy atom. The maximum absolute atomic E-state index is 11.7. The summed E-state index contributed by atoms with van der Waals surface area (Å²) in [7, 11) is 0. The van der Waals surface area contributed by atoms with Gasteiger partial charge in [0.25, 0.3) is 0 Å². The number of piperazine rings is 1. The van der Waals surface area contributed by atoms with Crippen molar-refractivity contribution in [2.75, 3.05) is 26.2 Å². The third-order valence-corrected chi connectivity index (χ3v) is 3.31. The zero-order chi connectivity index (χ0) is 14.6. The molecule has 1 aliphatic heterocycles. The van der Waals surface area contributed by atoms with Crippen LogP contribution >= 0.6 is 34.8 Å². The Morgan fingerprint density at radius 3 is 2.25 bits per heavy atom. The fraction of sp³-hybridized carbons (Fsp3) is 0.462. The summed E-state index contributed by atoms with van der Waals surface area (Å²) in [5, 5.41) is 0. The van der Waals surface area contributed by atoms with Crippen LogP contribution in [-0.4, -0.2) is 46.1 Å². The number of amides is 1. The maximum Gasteiger partial charge on any atom is 0.413 e. The predicted molar refractivity (Wildman–Crippen MR) is 80.1 cm³/mol. The average Bonchev–Trinajstić information content (AvgIpc) is 2.39. The van der Waals surface area contributed by atoms with Crippen LogP contribution in [0.4, 0.5) is 4.79 Å². The van der Waals surface area contributed by atoms with Gasteiger partial charge in [-0.25, -0.2) is 4.79 Å². The van der Waals surface area contributed by atoms with E-state index in [0.29, 0.717) is 13.1 Å². The number of nitrogens with zero attached hydrogens (tertiary/aromatic N) is 2. The van der Waals surface area contributed by atoms with E-state index in [0.717, 1.165) is 19.6 Å². The SMILES string of the molecule is O=C(OC(Cl)(Cl)Cl)N1CCN(Cc2ccccc2)CC1. The van der Waals surface area contributed by atoms with Gasteiger partial charge < -0.3 is 9.64 Å². The van der Waals surface area contributed by atoms with Crippen LogP contribution in [-0.2, 0) is 11.3 Å². The zero-order valence-corrected chi connectivity index (χ0v) is 13.0. The third-order valence-electron chi connectivity index (χ3n) is 3.08. The molecule has 0 saturated carbocycles. The number of ether oxygens (including phenoxy) is 1. The van der Waals surface area contributed by atoms with Gasteiger partial charge in [-0.15, -0.1) is 0 Å². The Morgan fingerprint density at radius 2 is 1.70 bits per heavy atom. The molecule has 7 heteroatoms. The first-order chi connectivity index (χ1) is 9.44. The van der Waals surface area contributed by atoms with Gasteiger partial charge in [-0.05, 0) is 40.4 Å². The fourth-order valence-corrected chi connectivity index (χ4v) is 2.29. The molecule has 1 amide bonds. The molecule has 4 nitrogen and oxygen atoms in total. The molecule has 0 aliphatic carbocycles. The van der Waals surface area contributed by atoms with Crippen molar-refractivity contribution in [3.8, 4) is 0 Å². The summed E-state index contributed by atoms with van der Waals surface area (Å²) in [6, 6.07) is 10.2. The smallest absolute Gasteiger partial charge is 0.398 e. The quantitative estimate of drug-likeness (QED) is 0.777. The molecule has 1 aromatic carbocycles. The van der Waals surface area contributed by atoms with Crippen LogP contribution in [0.2, 0.25) is 0 Å². The molecule has 110 valence electrons. The molecule has 2 rings (SSSR count). The Balaban J connectivity index is 1.79. The van der Waals surface area contributed by atoms with E-state index < -0.39 is 10.1 Å². The highest BCUT2D eigenvalue weighted by Crippen LogP contribution is 2.28. The maximum atomic E-state index is 11.7. The molecule has 0 N–H and O–H groups in total. The van der Waals surface area contributed by atoms with E-state index in [2.05, 4.69) is 17.0 Å². The number of hydrogen-bond acceptors (Lipinski definition) is 3. The van der Waals surface area contributed by atoms with Crippen molar-refractivity contribution in [1.82, 2.24) is 9.80 Å². The lowest BCUT2D eigenvalue weighted by Crippen LogP contribution is -2.49. The van der Waals surface area contributed by atoms with Crippen LogP contribution < -0.4 is 0 Å². The van der Waals surface area contributed by atoms with Crippen molar-refractivity contribution in [1.29, 1.82) is 0 Å². The minimum absolute atomic E-state index is 0.562. The van der Waals surface area contributed by atoms with Crippen molar-refractivity contribution >= 4 is 40.9 Å². The molecular weight excluding hydrogens is 323 g/mol. The first kappa shape index (κ1) is 15.7. The first-order valence-corrected chi connectivity index (χ1v) is 7.38. The van der Waals surface area contributed by atoms with E-state index in [-0.39, 0.29) is 0 Å². The van der Waals surface area contributed by atoms with Crippen molar-refractivity contribution in [2.24, 2.45) is 0 Å². The predicted octanol–water partition coefficient (Wildman–Crippen LogP) is 3.27. The van der Waals surface area contributed by atoms with E-state index in [9.17, 15) is 4.79 Å². The van der Waals surface area contributed by atoms with Gasteiger partial charge in [-0.2, -0.15) is 0 Å².